The van der Waals surface area contributed by atoms with Gasteiger partial charge in [-0.25, -0.2) is 19.0 Å². The summed E-state index contributed by atoms with van der Waals surface area (Å²) in [5, 5.41) is 25.3. The summed E-state index contributed by atoms with van der Waals surface area (Å²) in [5.74, 6) is 0.917. The van der Waals surface area contributed by atoms with Crippen LogP contribution in [0.4, 0.5) is 4.39 Å². The molecule has 170 valence electrons. The van der Waals surface area contributed by atoms with Crippen LogP contribution >= 0.6 is 0 Å². The fraction of sp³-hybridized carbons (Fsp3) is 0.320. The molecule has 0 bridgehead atoms. The second-order valence-electron chi connectivity index (χ2n) is 8.71. The molecule has 2 aromatic carbocycles. The lowest BCUT2D eigenvalue weighted by molar-refractivity contribution is 0.180. The first-order valence-electron chi connectivity index (χ1n) is 11.0. The number of benzene rings is 2. The van der Waals surface area contributed by atoms with E-state index in [4.69, 9.17) is 10.1 Å². The van der Waals surface area contributed by atoms with Gasteiger partial charge in [-0.3, -0.25) is 0 Å². The van der Waals surface area contributed by atoms with E-state index in [0.717, 1.165) is 40.1 Å². The zero-order valence-electron chi connectivity index (χ0n) is 18.7. The van der Waals surface area contributed by atoms with Crippen molar-refractivity contribution in [2.45, 2.75) is 45.3 Å². The summed E-state index contributed by atoms with van der Waals surface area (Å²) in [6, 6.07) is 10.4. The summed E-state index contributed by atoms with van der Waals surface area (Å²) >= 11 is 0. The van der Waals surface area contributed by atoms with Crippen molar-refractivity contribution >= 4 is 0 Å². The zero-order chi connectivity index (χ0) is 23.2. The van der Waals surface area contributed by atoms with Crippen molar-refractivity contribution in [3.05, 3.63) is 82.9 Å². The Morgan fingerprint density at radius 3 is 2.67 bits per heavy atom. The highest BCUT2D eigenvalue weighted by atomic mass is 19.1. The van der Waals surface area contributed by atoms with Gasteiger partial charge in [0.25, 0.3) is 0 Å². The number of nitrogens with zero attached hydrogens (tertiary/aromatic N) is 5. The van der Waals surface area contributed by atoms with Crippen LogP contribution in [0.15, 0.2) is 48.9 Å². The summed E-state index contributed by atoms with van der Waals surface area (Å²) < 4.78 is 17.5. The van der Waals surface area contributed by atoms with Crippen LogP contribution in [0.25, 0.3) is 17.1 Å². The molecule has 0 saturated heterocycles. The maximum absolute atomic E-state index is 13.8. The number of hydrogen-bond acceptors (Lipinski definition) is 5. The molecule has 0 fully saturated rings. The lowest BCUT2D eigenvalue weighted by atomic mass is 9.73. The Morgan fingerprint density at radius 1 is 1.12 bits per heavy atom. The molecule has 2 aromatic heterocycles. The first-order valence-corrected chi connectivity index (χ1v) is 11.0. The van der Waals surface area contributed by atoms with Gasteiger partial charge in [0.1, 0.15) is 11.6 Å². The number of aryl methyl sites for hydroxylation is 3. The van der Waals surface area contributed by atoms with Gasteiger partial charge in [-0.2, -0.15) is 5.10 Å². The van der Waals surface area contributed by atoms with Crippen LogP contribution in [-0.2, 0) is 18.6 Å². The zero-order valence-corrected chi connectivity index (χ0v) is 18.7. The first kappa shape index (κ1) is 21.5. The van der Waals surface area contributed by atoms with Crippen molar-refractivity contribution in [2.24, 2.45) is 0 Å². The third-order valence-electron chi connectivity index (χ3n) is 6.55. The molecule has 1 atom stereocenters. The lowest BCUT2D eigenvalue weighted by Gasteiger charge is -2.36. The summed E-state index contributed by atoms with van der Waals surface area (Å²) in [4.78, 5) is 9.13. The summed E-state index contributed by atoms with van der Waals surface area (Å²) in [7, 11) is 0. The maximum atomic E-state index is 13.8. The second-order valence-corrected chi connectivity index (χ2v) is 8.71. The molecule has 0 aliphatic carbocycles. The Kier molecular flexibility index (Phi) is 5.34. The van der Waals surface area contributed by atoms with Crippen LogP contribution in [0.2, 0.25) is 0 Å². The molecule has 5 rings (SSSR count). The fourth-order valence-corrected chi connectivity index (χ4v) is 4.93. The molecular formula is C25H26FN5O2. The van der Waals surface area contributed by atoms with Gasteiger partial charge in [-0.1, -0.05) is 6.07 Å². The van der Waals surface area contributed by atoms with Crippen LogP contribution in [-0.4, -0.2) is 41.1 Å². The van der Waals surface area contributed by atoms with E-state index in [9.17, 15) is 14.6 Å². The van der Waals surface area contributed by atoms with E-state index in [-0.39, 0.29) is 19.0 Å². The van der Waals surface area contributed by atoms with Crippen molar-refractivity contribution in [3.8, 4) is 17.1 Å². The molecule has 0 radical (unpaired) electrons. The normalized spacial score (nSPS) is 17.8. The Bertz CT molecular complexity index is 1330. The quantitative estimate of drug-likeness (QED) is 0.489. The monoisotopic (exact) mass is 447 g/mol. The molecule has 1 unspecified atom stereocenters. The standard InChI is InChI=1S/C25H26FN5O2/c1-16-10-20(26)5-6-21(16)25(14-33)8-3-9-31-24(25)28-23(29-31)18-4-7-22(19(11-18)13-32)30-12-17(2)27-15-30/h4-7,10-12,15,32-33H,3,8-9,13-14H2,1-2H3. The number of rotatable bonds is 5. The van der Waals surface area contributed by atoms with Crippen LogP contribution < -0.4 is 0 Å². The SMILES string of the molecule is Cc1cn(-c2ccc(-c3nc4n(n3)CCCC4(CO)c3ccc(F)cc3C)cc2CO)cn1. The van der Waals surface area contributed by atoms with Crippen LogP contribution in [0.5, 0.6) is 0 Å². The van der Waals surface area contributed by atoms with Gasteiger partial charge in [0.05, 0.1) is 36.3 Å². The highest BCUT2D eigenvalue weighted by Crippen LogP contribution is 2.41. The minimum atomic E-state index is -0.741. The van der Waals surface area contributed by atoms with Crippen molar-refractivity contribution in [1.82, 2.24) is 24.3 Å². The number of hydrogen-bond donors (Lipinski definition) is 2. The summed E-state index contributed by atoms with van der Waals surface area (Å²) in [5.41, 5.74) is 4.16. The highest BCUT2D eigenvalue weighted by Gasteiger charge is 2.42. The Hall–Kier alpha value is -3.36. The third-order valence-corrected chi connectivity index (χ3v) is 6.55. The second kappa shape index (κ2) is 8.20. The van der Waals surface area contributed by atoms with Crippen LogP contribution in [0.3, 0.4) is 0 Å². The molecular weight excluding hydrogens is 421 g/mol. The number of imidazole rings is 1. The average Bonchev–Trinajstić information content (AvgIpc) is 3.45. The number of aromatic nitrogens is 5. The van der Waals surface area contributed by atoms with Gasteiger partial charge in [-0.15, -0.1) is 0 Å². The molecule has 33 heavy (non-hydrogen) atoms. The maximum Gasteiger partial charge on any atom is 0.181 e. The Morgan fingerprint density at radius 2 is 1.97 bits per heavy atom. The van der Waals surface area contributed by atoms with Gasteiger partial charge in [-0.05, 0) is 68.1 Å². The lowest BCUT2D eigenvalue weighted by Crippen LogP contribution is -2.39. The molecule has 3 heterocycles. The number of aliphatic hydroxyl groups is 2. The molecule has 1 aliphatic heterocycles. The van der Waals surface area contributed by atoms with Crippen molar-refractivity contribution in [2.75, 3.05) is 6.61 Å². The summed E-state index contributed by atoms with van der Waals surface area (Å²) in [6.45, 7) is 4.20. The number of fused-ring (bicyclic) bond motifs is 1. The first-order chi connectivity index (χ1) is 15.9. The minimum absolute atomic E-state index is 0.136. The molecule has 2 N–H and O–H groups in total. The Balaban J connectivity index is 1.60. The molecule has 1 aliphatic rings. The summed E-state index contributed by atoms with van der Waals surface area (Å²) in [6.07, 6.45) is 5.16. The van der Waals surface area contributed by atoms with Gasteiger partial charge >= 0.3 is 0 Å². The molecule has 4 aromatic rings. The topological polar surface area (TPSA) is 89.0 Å². The number of aliphatic hydroxyl groups excluding tert-OH is 2. The molecule has 0 saturated carbocycles. The van der Waals surface area contributed by atoms with E-state index in [2.05, 4.69) is 4.98 Å². The van der Waals surface area contributed by atoms with E-state index in [0.29, 0.717) is 24.6 Å². The van der Waals surface area contributed by atoms with Gasteiger partial charge in [0.15, 0.2) is 5.82 Å². The van der Waals surface area contributed by atoms with E-state index in [1.165, 1.54) is 12.1 Å². The largest absolute Gasteiger partial charge is 0.395 e. The van der Waals surface area contributed by atoms with Crippen molar-refractivity contribution in [3.63, 3.8) is 0 Å². The number of halogens is 1. The van der Waals surface area contributed by atoms with E-state index in [1.807, 2.05) is 47.5 Å². The predicted octanol–water partition coefficient (Wildman–Crippen LogP) is 3.45. The Labute approximate surface area is 191 Å². The molecule has 8 heteroatoms. The fourth-order valence-electron chi connectivity index (χ4n) is 4.93. The molecule has 0 amide bonds. The van der Waals surface area contributed by atoms with Gasteiger partial charge < -0.3 is 14.8 Å². The minimum Gasteiger partial charge on any atom is -0.395 e. The van der Waals surface area contributed by atoms with Gasteiger partial charge in [0.2, 0.25) is 0 Å². The van der Waals surface area contributed by atoms with E-state index in [1.54, 1.807) is 12.4 Å². The van der Waals surface area contributed by atoms with Crippen molar-refractivity contribution in [1.29, 1.82) is 0 Å². The van der Waals surface area contributed by atoms with Crippen LogP contribution in [0, 0.1) is 19.7 Å². The molecule has 0 spiro atoms. The van der Waals surface area contributed by atoms with Gasteiger partial charge in [0, 0.05) is 23.9 Å². The smallest absolute Gasteiger partial charge is 0.181 e. The van der Waals surface area contributed by atoms with Crippen molar-refractivity contribution < 1.29 is 14.6 Å². The predicted molar refractivity (Wildman–Crippen MR) is 121 cm³/mol. The average molecular weight is 448 g/mol. The van der Waals surface area contributed by atoms with Crippen LogP contribution in [0.1, 0.15) is 41.1 Å². The van der Waals surface area contributed by atoms with E-state index < -0.39 is 5.41 Å². The van der Waals surface area contributed by atoms with E-state index >= 15 is 0 Å². The molecule has 7 nitrogen and oxygen atoms in total. The third kappa shape index (κ3) is 3.55. The highest BCUT2D eigenvalue weighted by molar-refractivity contribution is 5.61.